The van der Waals surface area contributed by atoms with Crippen LogP contribution in [0, 0.1) is 0 Å². The van der Waals surface area contributed by atoms with Crippen molar-refractivity contribution in [1.29, 1.82) is 0 Å². The molecule has 0 aliphatic carbocycles. The molecule has 0 aromatic carbocycles. The SMILES string of the molecule is COC(=O)c1ccc(CSc2nnc(CN)n2C)o1. The number of nitrogens with zero attached hydrogens (tertiary/aromatic N) is 3. The second kappa shape index (κ2) is 5.89. The van der Waals surface area contributed by atoms with E-state index < -0.39 is 5.97 Å². The van der Waals surface area contributed by atoms with Crippen molar-refractivity contribution in [2.45, 2.75) is 17.5 Å². The third-order valence-electron chi connectivity index (χ3n) is 2.50. The van der Waals surface area contributed by atoms with Crippen LogP contribution < -0.4 is 5.73 Å². The maximum Gasteiger partial charge on any atom is 0.373 e. The molecular weight excluding hydrogens is 268 g/mol. The molecule has 0 amide bonds. The molecule has 0 atom stereocenters. The minimum Gasteiger partial charge on any atom is -0.463 e. The number of nitrogens with two attached hydrogens (primary N) is 1. The van der Waals surface area contributed by atoms with Gasteiger partial charge >= 0.3 is 5.97 Å². The summed E-state index contributed by atoms with van der Waals surface area (Å²) in [6.07, 6.45) is 0. The van der Waals surface area contributed by atoms with Crippen LogP contribution in [0.25, 0.3) is 0 Å². The first-order valence-corrected chi connectivity index (χ1v) is 6.52. The summed E-state index contributed by atoms with van der Waals surface area (Å²) >= 11 is 1.46. The van der Waals surface area contributed by atoms with Crippen molar-refractivity contribution < 1.29 is 13.9 Å². The van der Waals surface area contributed by atoms with Gasteiger partial charge in [0.15, 0.2) is 5.16 Å². The van der Waals surface area contributed by atoms with Crippen LogP contribution in [0.2, 0.25) is 0 Å². The van der Waals surface area contributed by atoms with Crippen LogP contribution in [-0.4, -0.2) is 27.8 Å². The monoisotopic (exact) mass is 282 g/mol. The summed E-state index contributed by atoms with van der Waals surface area (Å²) in [7, 11) is 3.17. The molecule has 0 saturated heterocycles. The highest BCUT2D eigenvalue weighted by molar-refractivity contribution is 7.98. The lowest BCUT2D eigenvalue weighted by Gasteiger charge is -2.00. The van der Waals surface area contributed by atoms with E-state index in [0.717, 1.165) is 11.0 Å². The van der Waals surface area contributed by atoms with E-state index >= 15 is 0 Å². The fraction of sp³-hybridized carbons (Fsp3) is 0.364. The third-order valence-corrected chi connectivity index (χ3v) is 3.54. The minimum absolute atomic E-state index is 0.193. The molecule has 0 saturated carbocycles. The number of hydrogen-bond donors (Lipinski definition) is 1. The van der Waals surface area contributed by atoms with Crippen molar-refractivity contribution in [3.05, 3.63) is 29.5 Å². The Morgan fingerprint density at radius 1 is 1.53 bits per heavy atom. The van der Waals surface area contributed by atoms with Crippen LogP contribution in [0.1, 0.15) is 22.1 Å². The van der Waals surface area contributed by atoms with Gasteiger partial charge in [-0.1, -0.05) is 11.8 Å². The first-order valence-electron chi connectivity index (χ1n) is 5.54. The van der Waals surface area contributed by atoms with Gasteiger partial charge in [-0.05, 0) is 12.1 Å². The molecule has 0 radical (unpaired) electrons. The summed E-state index contributed by atoms with van der Waals surface area (Å²) < 4.78 is 11.8. The molecule has 0 aliphatic heterocycles. The molecular formula is C11H14N4O3S. The normalized spacial score (nSPS) is 10.7. The maximum absolute atomic E-state index is 11.2. The molecule has 8 heteroatoms. The van der Waals surface area contributed by atoms with Crippen molar-refractivity contribution in [1.82, 2.24) is 14.8 Å². The molecule has 2 N–H and O–H groups in total. The van der Waals surface area contributed by atoms with Gasteiger partial charge in [-0.15, -0.1) is 10.2 Å². The largest absolute Gasteiger partial charge is 0.463 e. The minimum atomic E-state index is -0.486. The van der Waals surface area contributed by atoms with Gasteiger partial charge in [-0.3, -0.25) is 0 Å². The predicted octanol–water partition coefficient (Wildman–Crippen LogP) is 0.946. The maximum atomic E-state index is 11.2. The Bertz CT molecular complexity index is 578. The van der Waals surface area contributed by atoms with Crippen molar-refractivity contribution in [2.75, 3.05) is 7.11 Å². The van der Waals surface area contributed by atoms with Gasteiger partial charge in [0.05, 0.1) is 19.4 Å². The van der Waals surface area contributed by atoms with E-state index in [4.69, 9.17) is 10.2 Å². The number of aromatic nitrogens is 3. The van der Waals surface area contributed by atoms with Crippen molar-refractivity contribution >= 4 is 17.7 Å². The van der Waals surface area contributed by atoms with E-state index in [2.05, 4.69) is 14.9 Å². The second-order valence-corrected chi connectivity index (χ2v) is 4.65. The first-order chi connectivity index (χ1) is 9.15. The summed E-state index contributed by atoms with van der Waals surface area (Å²) in [5.41, 5.74) is 5.52. The fourth-order valence-corrected chi connectivity index (χ4v) is 2.27. The highest BCUT2D eigenvalue weighted by Gasteiger charge is 2.13. The first kappa shape index (κ1) is 13.6. The molecule has 0 unspecified atom stereocenters. The Labute approximate surface area is 114 Å². The molecule has 0 spiro atoms. The topological polar surface area (TPSA) is 96.2 Å². The van der Waals surface area contributed by atoms with Crippen LogP contribution in [0.3, 0.4) is 0 Å². The molecule has 2 rings (SSSR count). The predicted molar refractivity (Wildman–Crippen MR) is 68.5 cm³/mol. The number of thioether (sulfide) groups is 1. The standard InChI is InChI=1S/C11H14N4O3S/c1-15-9(5-12)13-14-11(15)19-6-7-3-4-8(18-7)10(16)17-2/h3-4H,5-6,12H2,1-2H3. The lowest BCUT2D eigenvalue weighted by Crippen LogP contribution is -2.05. The van der Waals surface area contributed by atoms with Gasteiger partial charge in [0.25, 0.3) is 0 Å². The number of carbonyl (C=O) groups is 1. The van der Waals surface area contributed by atoms with Crippen LogP contribution in [0.5, 0.6) is 0 Å². The fourth-order valence-electron chi connectivity index (χ4n) is 1.45. The lowest BCUT2D eigenvalue weighted by atomic mass is 10.4. The number of furan rings is 1. The van der Waals surface area contributed by atoms with Gasteiger partial charge in [0.2, 0.25) is 5.76 Å². The highest BCUT2D eigenvalue weighted by Crippen LogP contribution is 2.22. The molecule has 0 aliphatic rings. The number of carbonyl (C=O) groups excluding carboxylic acids is 1. The average Bonchev–Trinajstić information content (AvgIpc) is 3.02. The van der Waals surface area contributed by atoms with E-state index in [1.165, 1.54) is 18.9 Å². The van der Waals surface area contributed by atoms with Gasteiger partial charge in [-0.2, -0.15) is 0 Å². The molecule has 2 heterocycles. The summed E-state index contributed by atoms with van der Waals surface area (Å²) in [6.45, 7) is 0.345. The smallest absolute Gasteiger partial charge is 0.373 e. The van der Waals surface area contributed by atoms with E-state index in [0.29, 0.717) is 18.1 Å². The van der Waals surface area contributed by atoms with E-state index in [1.54, 1.807) is 12.1 Å². The van der Waals surface area contributed by atoms with Gasteiger partial charge < -0.3 is 19.5 Å². The van der Waals surface area contributed by atoms with E-state index in [1.807, 2.05) is 11.6 Å². The number of rotatable bonds is 5. The number of ether oxygens (including phenoxy) is 1. The Balaban J connectivity index is 2.00. The second-order valence-electron chi connectivity index (χ2n) is 3.71. The number of esters is 1. The van der Waals surface area contributed by atoms with Crippen LogP contribution >= 0.6 is 11.8 Å². The summed E-state index contributed by atoms with van der Waals surface area (Å²) in [5, 5.41) is 8.72. The molecule has 102 valence electrons. The quantitative estimate of drug-likeness (QED) is 0.644. The molecule has 19 heavy (non-hydrogen) atoms. The zero-order valence-electron chi connectivity index (χ0n) is 10.6. The van der Waals surface area contributed by atoms with E-state index in [-0.39, 0.29) is 5.76 Å². The molecule has 2 aromatic heterocycles. The Hall–Kier alpha value is -1.80. The summed E-state index contributed by atoms with van der Waals surface area (Å²) in [6, 6.07) is 3.32. The van der Waals surface area contributed by atoms with Gasteiger partial charge in [0.1, 0.15) is 11.6 Å². The lowest BCUT2D eigenvalue weighted by molar-refractivity contribution is 0.0563. The molecule has 2 aromatic rings. The van der Waals surface area contributed by atoms with Gasteiger partial charge in [0, 0.05) is 7.05 Å². The Morgan fingerprint density at radius 2 is 2.32 bits per heavy atom. The highest BCUT2D eigenvalue weighted by atomic mass is 32.2. The van der Waals surface area contributed by atoms with E-state index in [9.17, 15) is 4.79 Å². The number of hydrogen-bond acceptors (Lipinski definition) is 7. The zero-order valence-corrected chi connectivity index (χ0v) is 11.4. The van der Waals surface area contributed by atoms with Crippen LogP contribution in [-0.2, 0) is 24.1 Å². The van der Waals surface area contributed by atoms with Crippen LogP contribution in [0.15, 0.2) is 21.7 Å². The molecule has 0 bridgehead atoms. The molecule has 7 nitrogen and oxygen atoms in total. The van der Waals surface area contributed by atoms with Gasteiger partial charge in [-0.25, -0.2) is 4.79 Å². The zero-order chi connectivity index (χ0) is 13.8. The Morgan fingerprint density at radius 3 is 2.95 bits per heavy atom. The summed E-state index contributed by atoms with van der Waals surface area (Å²) in [5.74, 6) is 1.65. The molecule has 0 fully saturated rings. The Kier molecular flexibility index (Phi) is 4.23. The third kappa shape index (κ3) is 2.96. The number of methoxy groups -OCH3 is 1. The summed E-state index contributed by atoms with van der Waals surface area (Å²) in [4.78, 5) is 11.2. The van der Waals surface area contributed by atoms with Crippen LogP contribution in [0.4, 0.5) is 0 Å². The average molecular weight is 282 g/mol. The van der Waals surface area contributed by atoms with Crippen molar-refractivity contribution in [2.24, 2.45) is 12.8 Å². The van der Waals surface area contributed by atoms with Crippen molar-refractivity contribution in [3.63, 3.8) is 0 Å². The van der Waals surface area contributed by atoms with Crippen molar-refractivity contribution in [3.8, 4) is 0 Å².